The number of fused-ring (bicyclic) bond motifs is 3. The molecule has 1 aromatic heterocycles. The van der Waals surface area contributed by atoms with E-state index in [0.29, 0.717) is 27.3 Å². The van der Waals surface area contributed by atoms with Crippen LogP contribution in [0, 0.1) is 0 Å². The summed E-state index contributed by atoms with van der Waals surface area (Å²) in [6.07, 6.45) is -0.433. The molecule has 4 rings (SSSR count). The van der Waals surface area contributed by atoms with E-state index in [1.807, 2.05) is 0 Å². The Hall–Kier alpha value is -3.56. The Labute approximate surface area is 163 Å². The van der Waals surface area contributed by atoms with Crippen LogP contribution in [0.2, 0.25) is 0 Å². The van der Waals surface area contributed by atoms with Crippen molar-refractivity contribution in [3.05, 3.63) is 54.0 Å². The summed E-state index contributed by atoms with van der Waals surface area (Å²) in [5.74, 6) is -1.09. The number of pyridine rings is 1. The summed E-state index contributed by atoms with van der Waals surface area (Å²) < 4.78 is 39.5. The standard InChI is InChI=1S/C19H14F3N5O2/c1-10(28)25-15-8-23-5-4-12(15)11-2-3-13-16(6-11)27(9-19(20,21)22)18(29)14-7-24-26-17(13)14/h2-8,17H,9H2,1H3,(H,25,28). The first-order valence-electron chi connectivity index (χ1n) is 8.59. The van der Waals surface area contributed by atoms with E-state index in [1.54, 1.807) is 18.2 Å². The first-order chi connectivity index (χ1) is 13.7. The molecule has 29 heavy (non-hydrogen) atoms. The van der Waals surface area contributed by atoms with Crippen molar-refractivity contribution in [2.24, 2.45) is 10.2 Å². The molecular weight excluding hydrogens is 387 g/mol. The maximum absolute atomic E-state index is 13.2. The lowest BCUT2D eigenvalue weighted by molar-refractivity contribution is -0.130. The Morgan fingerprint density at radius 2 is 2.07 bits per heavy atom. The van der Waals surface area contributed by atoms with E-state index >= 15 is 0 Å². The van der Waals surface area contributed by atoms with Crippen molar-refractivity contribution in [1.82, 2.24) is 4.98 Å². The van der Waals surface area contributed by atoms with Gasteiger partial charge in [-0.1, -0.05) is 12.1 Å². The van der Waals surface area contributed by atoms with Gasteiger partial charge in [0, 0.05) is 24.2 Å². The molecule has 2 aromatic rings. The Morgan fingerprint density at radius 1 is 1.28 bits per heavy atom. The number of azo groups is 1. The zero-order valence-electron chi connectivity index (χ0n) is 15.1. The molecule has 7 nitrogen and oxygen atoms in total. The highest BCUT2D eigenvalue weighted by Crippen LogP contribution is 2.45. The molecule has 0 saturated carbocycles. The normalized spacial score (nSPS) is 17.7. The third kappa shape index (κ3) is 3.48. The molecule has 2 aliphatic heterocycles. The number of nitrogens with zero attached hydrogens (tertiary/aromatic N) is 4. The van der Waals surface area contributed by atoms with Gasteiger partial charge in [0.05, 0.1) is 29.3 Å². The predicted octanol–water partition coefficient (Wildman–Crippen LogP) is 4.01. The summed E-state index contributed by atoms with van der Waals surface area (Å²) in [4.78, 5) is 28.8. The fourth-order valence-corrected chi connectivity index (χ4v) is 3.41. The summed E-state index contributed by atoms with van der Waals surface area (Å²) in [5.41, 5.74) is 2.17. The van der Waals surface area contributed by atoms with Crippen molar-refractivity contribution in [2.45, 2.75) is 19.1 Å². The average Bonchev–Trinajstić information content (AvgIpc) is 3.14. The number of hydrogen-bond acceptors (Lipinski definition) is 5. The molecule has 148 valence electrons. The molecule has 0 bridgehead atoms. The van der Waals surface area contributed by atoms with Crippen molar-refractivity contribution in [3.8, 4) is 11.1 Å². The molecule has 1 N–H and O–H groups in total. The second-order valence-electron chi connectivity index (χ2n) is 6.60. The monoisotopic (exact) mass is 401 g/mol. The third-order valence-corrected chi connectivity index (χ3v) is 4.56. The van der Waals surface area contributed by atoms with Crippen molar-refractivity contribution in [2.75, 3.05) is 16.8 Å². The minimum Gasteiger partial charge on any atom is -0.324 e. The van der Waals surface area contributed by atoms with Gasteiger partial charge in [-0.05, 0) is 17.7 Å². The number of benzene rings is 1. The highest BCUT2D eigenvalue weighted by Gasteiger charge is 2.43. The molecular formula is C19H14F3N5O2. The minimum absolute atomic E-state index is 0.109. The molecule has 2 aliphatic rings. The number of halogens is 3. The molecule has 10 heteroatoms. The quantitative estimate of drug-likeness (QED) is 0.843. The first kappa shape index (κ1) is 18.8. The Kier molecular flexibility index (Phi) is 4.40. The summed E-state index contributed by atoms with van der Waals surface area (Å²) >= 11 is 0. The van der Waals surface area contributed by atoms with Crippen LogP contribution in [0.3, 0.4) is 0 Å². The number of anilines is 2. The van der Waals surface area contributed by atoms with Crippen molar-refractivity contribution >= 4 is 23.2 Å². The second-order valence-corrected chi connectivity index (χ2v) is 6.60. The van der Waals surface area contributed by atoms with Crippen molar-refractivity contribution in [1.29, 1.82) is 0 Å². The summed E-state index contributed by atoms with van der Waals surface area (Å²) in [6, 6.07) is 5.73. The smallest absolute Gasteiger partial charge is 0.324 e. The van der Waals surface area contributed by atoms with Gasteiger partial charge in [0.25, 0.3) is 5.91 Å². The van der Waals surface area contributed by atoms with Gasteiger partial charge in [0.15, 0.2) is 0 Å². The van der Waals surface area contributed by atoms with Crippen molar-refractivity contribution in [3.63, 3.8) is 0 Å². The van der Waals surface area contributed by atoms with Crippen molar-refractivity contribution < 1.29 is 22.8 Å². The Morgan fingerprint density at radius 3 is 2.79 bits per heavy atom. The van der Waals surface area contributed by atoms with Gasteiger partial charge in [0.1, 0.15) is 12.6 Å². The van der Waals surface area contributed by atoms with Crippen LogP contribution >= 0.6 is 0 Å². The minimum atomic E-state index is -4.58. The van der Waals surface area contributed by atoms with Crippen LogP contribution in [-0.4, -0.2) is 29.5 Å². The van der Waals surface area contributed by atoms with E-state index in [0.717, 1.165) is 0 Å². The number of alkyl halides is 3. The van der Waals surface area contributed by atoms with E-state index in [-0.39, 0.29) is 17.2 Å². The lowest BCUT2D eigenvalue weighted by Crippen LogP contribution is -2.43. The van der Waals surface area contributed by atoms with Gasteiger partial charge in [-0.25, -0.2) is 0 Å². The first-order valence-corrected chi connectivity index (χ1v) is 8.59. The summed E-state index contributed by atoms with van der Waals surface area (Å²) in [5, 5.41) is 10.3. The number of carbonyl (C=O) groups excluding carboxylic acids is 2. The molecule has 1 aromatic carbocycles. The molecule has 0 aliphatic carbocycles. The van der Waals surface area contributed by atoms with Crippen LogP contribution in [0.25, 0.3) is 11.1 Å². The third-order valence-electron chi connectivity index (χ3n) is 4.56. The van der Waals surface area contributed by atoms with Crippen LogP contribution in [0.1, 0.15) is 18.5 Å². The van der Waals surface area contributed by atoms with Gasteiger partial charge >= 0.3 is 6.18 Å². The maximum Gasteiger partial charge on any atom is 0.406 e. The lowest BCUT2D eigenvalue weighted by Gasteiger charge is -2.33. The highest BCUT2D eigenvalue weighted by atomic mass is 19.4. The SMILES string of the molecule is CC(=O)Nc1cnccc1-c1ccc2c(c1)N(CC(F)(F)F)C(=O)C1=CN=NC12. The zero-order chi connectivity index (χ0) is 20.8. The average molecular weight is 401 g/mol. The van der Waals surface area contributed by atoms with Crippen LogP contribution in [0.4, 0.5) is 24.5 Å². The van der Waals surface area contributed by atoms with E-state index in [2.05, 4.69) is 20.5 Å². The topological polar surface area (TPSA) is 87.0 Å². The molecule has 1 atom stereocenters. The van der Waals surface area contributed by atoms with Crippen LogP contribution in [0.15, 0.2) is 58.7 Å². The second kappa shape index (κ2) is 6.80. The molecule has 0 radical (unpaired) electrons. The summed E-state index contributed by atoms with van der Waals surface area (Å²) in [7, 11) is 0. The predicted molar refractivity (Wildman–Crippen MR) is 98.1 cm³/mol. The van der Waals surface area contributed by atoms with E-state index in [9.17, 15) is 22.8 Å². The molecule has 3 heterocycles. The van der Waals surface area contributed by atoms with Gasteiger partial charge in [-0.15, -0.1) is 0 Å². The fraction of sp³-hybridized carbons (Fsp3) is 0.211. The number of hydrogen-bond donors (Lipinski definition) is 1. The molecule has 1 unspecified atom stereocenters. The van der Waals surface area contributed by atoms with Gasteiger partial charge in [0.2, 0.25) is 5.91 Å². The Bertz CT molecular complexity index is 1080. The number of aromatic nitrogens is 1. The number of amides is 2. The summed E-state index contributed by atoms with van der Waals surface area (Å²) in [6.45, 7) is -0.0897. The fourth-order valence-electron chi connectivity index (χ4n) is 3.41. The molecule has 0 fully saturated rings. The number of carbonyl (C=O) groups is 2. The van der Waals surface area contributed by atoms with Crippen LogP contribution in [-0.2, 0) is 9.59 Å². The maximum atomic E-state index is 13.2. The number of nitrogens with one attached hydrogen (secondary N) is 1. The van der Waals surface area contributed by atoms with Gasteiger partial charge in [-0.2, -0.15) is 23.4 Å². The van der Waals surface area contributed by atoms with Gasteiger partial charge in [-0.3, -0.25) is 19.5 Å². The lowest BCUT2D eigenvalue weighted by atomic mass is 9.90. The van der Waals surface area contributed by atoms with Crippen LogP contribution in [0.5, 0.6) is 0 Å². The molecule has 0 spiro atoms. The number of rotatable bonds is 3. The van der Waals surface area contributed by atoms with Gasteiger partial charge < -0.3 is 5.32 Å². The van der Waals surface area contributed by atoms with Crippen LogP contribution < -0.4 is 10.2 Å². The molecule has 0 saturated heterocycles. The zero-order valence-corrected chi connectivity index (χ0v) is 15.1. The van der Waals surface area contributed by atoms with E-state index in [1.165, 1.54) is 31.6 Å². The largest absolute Gasteiger partial charge is 0.406 e. The van der Waals surface area contributed by atoms with E-state index in [4.69, 9.17) is 0 Å². The molecule has 2 amide bonds. The highest BCUT2D eigenvalue weighted by molar-refractivity contribution is 6.10. The Balaban J connectivity index is 1.85. The van der Waals surface area contributed by atoms with E-state index < -0.39 is 24.7 Å².